The molecule has 2 aromatic rings. The first-order chi connectivity index (χ1) is 11.2. The topological polar surface area (TPSA) is 83.7 Å². The number of amides is 2. The maximum absolute atomic E-state index is 11.8. The van der Waals surface area contributed by atoms with Crippen LogP contribution in [0.4, 0.5) is 0 Å². The Hall–Kier alpha value is -2.89. The molecule has 1 heterocycles. The van der Waals surface area contributed by atoms with E-state index in [0.717, 1.165) is 30.5 Å². The molecule has 23 heavy (non-hydrogen) atoms. The minimum absolute atomic E-state index is 0.165. The van der Waals surface area contributed by atoms with Crippen molar-refractivity contribution in [3.63, 3.8) is 0 Å². The Morgan fingerprint density at radius 1 is 1.09 bits per heavy atom. The van der Waals surface area contributed by atoms with Crippen molar-refractivity contribution in [1.29, 1.82) is 0 Å². The van der Waals surface area contributed by atoms with E-state index in [-0.39, 0.29) is 6.54 Å². The Labute approximate surface area is 133 Å². The quantitative estimate of drug-likeness (QED) is 0.669. The molecule has 0 spiro atoms. The zero-order valence-corrected chi connectivity index (χ0v) is 12.5. The fourth-order valence-electron chi connectivity index (χ4n) is 2.55. The number of carbonyl (C=O) groups is 2. The predicted octanol–water partition coefficient (Wildman–Crippen LogP) is 1.75. The SMILES string of the molecule is O=C(NCc1ccco1)C(=O)N/N=C1/CCCc2ccccc21. The van der Waals surface area contributed by atoms with Gasteiger partial charge in [0.2, 0.25) is 0 Å². The van der Waals surface area contributed by atoms with Crippen LogP contribution in [0.3, 0.4) is 0 Å². The molecule has 0 radical (unpaired) electrons. The minimum atomic E-state index is -0.785. The van der Waals surface area contributed by atoms with E-state index in [1.807, 2.05) is 18.2 Å². The standard InChI is InChI=1S/C17H17N3O3/c21-16(18-11-13-7-4-10-23-13)17(22)20-19-15-9-3-6-12-5-1-2-8-14(12)15/h1-2,4-5,7-8,10H,3,6,9,11H2,(H,18,21)(H,20,22)/b19-15-. The van der Waals surface area contributed by atoms with E-state index in [0.29, 0.717) is 5.76 Å². The fourth-order valence-corrected chi connectivity index (χ4v) is 2.55. The van der Waals surface area contributed by atoms with Crippen LogP contribution in [0.15, 0.2) is 52.2 Å². The summed E-state index contributed by atoms with van der Waals surface area (Å²) in [6, 6.07) is 11.4. The van der Waals surface area contributed by atoms with Crippen LogP contribution in [0.25, 0.3) is 0 Å². The number of rotatable bonds is 3. The molecule has 1 aromatic carbocycles. The van der Waals surface area contributed by atoms with Crippen molar-refractivity contribution in [3.05, 3.63) is 59.5 Å². The fraction of sp³-hybridized carbons (Fsp3) is 0.235. The Bertz CT molecular complexity index is 735. The number of carbonyl (C=O) groups excluding carboxylic acids is 2. The Morgan fingerprint density at radius 2 is 1.96 bits per heavy atom. The van der Waals surface area contributed by atoms with Gasteiger partial charge in [-0.3, -0.25) is 9.59 Å². The summed E-state index contributed by atoms with van der Waals surface area (Å²) in [5.41, 5.74) is 5.39. The third-order valence-corrected chi connectivity index (χ3v) is 3.69. The van der Waals surface area contributed by atoms with Gasteiger partial charge in [-0.1, -0.05) is 24.3 Å². The molecule has 118 valence electrons. The zero-order valence-electron chi connectivity index (χ0n) is 12.5. The van der Waals surface area contributed by atoms with Gasteiger partial charge in [-0.25, -0.2) is 5.43 Å². The second-order valence-electron chi connectivity index (χ2n) is 5.27. The van der Waals surface area contributed by atoms with Crippen LogP contribution >= 0.6 is 0 Å². The van der Waals surface area contributed by atoms with Gasteiger partial charge in [0.15, 0.2) is 0 Å². The number of aryl methyl sites for hydroxylation is 1. The first-order valence-corrected chi connectivity index (χ1v) is 7.49. The Morgan fingerprint density at radius 3 is 2.78 bits per heavy atom. The van der Waals surface area contributed by atoms with Crippen molar-refractivity contribution < 1.29 is 14.0 Å². The summed E-state index contributed by atoms with van der Waals surface area (Å²) in [5, 5.41) is 6.60. The number of nitrogens with zero attached hydrogens (tertiary/aromatic N) is 1. The van der Waals surface area contributed by atoms with Gasteiger partial charge in [0.25, 0.3) is 0 Å². The highest BCUT2D eigenvalue weighted by Gasteiger charge is 2.17. The van der Waals surface area contributed by atoms with Crippen molar-refractivity contribution in [2.75, 3.05) is 0 Å². The molecule has 0 saturated carbocycles. The lowest BCUT2D eigenvalue weighted by molar-refractivity contribution is -0.139. The molecule has 0 aliphatic heterocycles. The first-order valence-electron chi connectivity index (χ1n) is 7.49. The summed E-state index contributed by atoms with van der Waals surface area (Å²) >= 11 is 0. The molecule has 0 atom stereocenters. The van der Waals surface area contributed by atoms with E-state index in [1.54, 1.807) is 12.1 Å². The number of benzene rings is 1. The summed E-state index contributed by atoms with van der Waals surface area (Å²) in [5.74, 6) is -0.944. The van der Waals surface area contributed by atoms with Crippen LogP contribution in [-0.2, 0) is 22.6 Å². The van der Waals surface area contributed by atoms with Crippen LogP contribution < -0.4 is 10.7 Å². The summed E-state index contributed by atoms with van der Waals surface area (Å²) in [7, 11) is 0. The van der Waals surface area contributed by atoms with Crippen molar-refractivity contribution in [2.24, 2.45) is 5.10 Å². The number of nitrogens with one attached hydrogen (secondary N) is 2. The van der Waals surface area contributed by atoms with Gasteiger partial charge in [0, 0.05) is 5.56 Å². The maximum atomic E-state index is 11.8. The lowest BCUT2D eigenvalue weighted by atomic mass is 9.90. The van der Waals surface area contributed by atoms with Gasteiger partial charge in [0.05, 0.1) is 18.5 Å². The van der Waals surface area contributed by atoms with Crippen molar-refractivity contribution >= 4 is 17.5 Å². The molecular weight excluding hydrogens is 294 g/mol. The molecule has 2 amide bonds. The van der Waals surface area contributed by atoms with Crippen LogP contribution in [0, 0.1) is 0 Å². The molecule has 0 fully saturated rings. The van der Waals surface area contributed by atoms with Gasteiger partial charge >= 0.3 is 11.8 Å². The van der Waals surface area contributed by atoms with Crippen LogP contribution in [0.1, 0.15) is 29.7 Å². The zero-order chi connectivity index (χ0) is 16.1. The highest BCUT2D eigenvalue weighted by atomic mass is 16.3. The molecule has 1 aliphatic rings. The largest absolute Gasteiger partial charge is 0.467 e. The monoisotopic (exact) mass is 311 g/mol. The van der Waals surface area contributed by atoms with E-state index in [2.05, 4.69) is 21.9 Å². The molecule has 6 nitrogen and oxygen atoms in total. The van der Waals surface area contributed by atoms with Gasteiger partial charge < -0.3 is 9.73 Å². The van der Waals surface area contributed by atoms with Gasteiger partial charge in [-0.05, 0) is 37.0 Å². The predicted molar refractivity (Wildman–Crippen MR) is 84.6 cm³/mol. The van der Waals surface area contributed by atoms with Gasteiger partial charge in [-0.15, -0.1) is 0 Å². The van der Waals surface area contributed by atoms with E-state index in [4.69, 9.17) is 4.42 Å². The maximum Gasteiger partial charge on any atom is 0.329 e. The van der Waals surface area contributed by atoms with Crippen LogP contribution in [-0.4, -0.2) is 17.5 Å². The number of furan rings is 1. The normalized spacial score (nSPS) is 15.0. The molecule has 3 rings (SSSR count). The van der Waals surface area contributed by atoms with Crippen molar-refractivity contribution in [1.82, 2.24) is 10.7 Å². The average Bonchev–Trinajstić information content (AvgIpc) is 3.11. The molecule has 1 aliphatic carbocycles. The van der Waals surface area contributed by atoms with Gasteiger partial charge in [0.1, 0.15) is 5.76 Å². The summed E-state index contributed by atoms with van der Waals surface area (Å²) in [6.45, 7) is 0.165. The molecule has 0 saturated heterocycles. The second-order valence-corrected chi connectivity index (χ2v) is 5.27. The molecule has 1 aromatic heterocycles. The van der Waals surface area contributed by atoms with E-state index in [1.165, 1.54) is 11.8 Å². The second kappa shape index (κ2) is 6.91. The van der Waals surface area contributed by atoms with Gasteiger partial charge in [-0.2, -0.15) is 5.10 Å². The first kappa shape index (κ1) is 15.0. The van der Waals surface area contributed by atoms with E-state index in [9.17, 15) is 9.59 Å². The number of fused-ring (bicyclic) bond motifs is 1. The van der Waals surface area contributed by atoms with Crippen LogP contribution in [0.2, 0.25) is 0 Å². The summed E-state index contributed by atoms with van der Waals surface area (Å²) < 4.78 is 5.08. The van der Waals surface area contributed by atoms with Crippen molar-refractivity contribution in [2.45, 2.75) is 25.8 Å². The molecule has 2 N–H and O–H groups in total. The third-order valence-electron chi connectivity index (χ3n) is 3.69. The molecule has 6 heteroatoms. The summed E-state index contributed by atoms with van der Waals surface area (Å²) in [4.78, 5) is 23.5. The highest BCUT2D eigenvalue weighted by molar-refractivity contribution is 6.35. The molecular formula is C17H17N3O3. The lowest BCUT2D eigenvalue weighted by Gasteiger charge is -2.17. The van der Waals surface area contributed by atoms with E-state index >= 15 is 0 Å². The number of hydrogen-bond acceptors (Lipinski definition) is 4. The smallest absolute Gasteiger partial charge is 0.329 e. The number of hydrogen-bond donors (Lipinski definition) is 2. The highest BCUT2D eigenvalue weighted by Crippen LogP contribution is 2.21. The third kappa shape index (κ3) is 3.66. The molecule has 0 unspecified atom stereocenters. The Balaban J connectivity index is 1.59. The van der Waals surface area contributed by atoms with E-state index < -0.39 is 11.8 Å². The Kier molecular flexibility index (Phi) is 4.52. The average molecular weight is 311 g/mol. The number of hydrazone groups is 1. The lowest BCUT2D eigenvalue weighted by Crippen LogP contribution is -2.38. The van der Waals surface area contributed by atoms with Crippen LogP contribution in [0.5, 0.6) is 0 Å². The van der Waals surface area contributed by atoms with Crippen molar-refractivity contribution in [3.8, 4) is 0 Å². The summed E-state index contributed by atoms with van der Waals surface area (Å²) in [6.07, 6.45) is 4.28. The minimum Gasteiger partial charge on any atom is -0.467 e. The molecule has 0 bridgehead atoms.